The van der Waals surface area contributed by atoms with E-state index in [0.717, 1.165) is 6.08 Å². The van der Waals surface area contributed by atoms with E-state index in [0.29, 0.717) is 0 Å². The molecule has 0 radical (unpaired) electrons. The standard InChI is InChI=1S/C3H4F2N4/c4-2-1-3(6)8-9(5)7-2/h1,8H,6H2. The number of rotatable bonds is 0. The van der Waals surface area contributed by atoms with Gasteiger partial charge >= 0.3 is 0 Å². The van der Waals surface area contributed by atoms with Crippen molar-refractivity contribution in [2.24, 2.45) is 10.8 Å². The lowest BCUT2D eigenvalue weighted by Crippen LogP contribution is -2.33. The van der Waals surface area contributed by atoms with E-state index < -0.39 is 5.97 Å². The summed E-state index contributed by atoms with van der Waals surface area (Å²) in [5.74, 6) is -1.08. The number of halogens is 2. The van der Waals surface area contributed by atoms with Gasteiger partial charge in [-0.1, -0.05) is 9.58 Å². The van der Waals surface area contributed by atoms with Gasteiger partial charge in [-0.15, -0.1) is 0 Å². The first-order valence-electron chi connectivity index (χ1n) is 2.12. The van der Waals surface area contributed by atoms with Crippen LogP contribution in [0.4, 0.5) is 8.87 Å². The molecule has 0 amide bonds. The number of hydrogen-bond donors (Lipinski definition) is 2. The van der Waals surface area contributed by atoms with E-state index in [9.17, 15) is 8.87 Å². The molecular formula is C3H4F2N4. The van der Waals surface area contributed by atoms with Crippen LogP contribution >= 0.6 is 0 Å². The fourth-order valence-electron chi connectivity index (χ4n) is 0.405. The predicted octanol–water partition coefficient (Wildman–Crippen LogP) is -0.226. The van der Waals surface area contributed by atoms with Crippen LogP contribution < -0.4 is 11.2 Å². The van der Waals surface area contributed by atoms with E-state index in [-0.39, 0.29) is 11.2 Å². The number of allylic oxidation sites excluding steroid dienone is 1. The van der Waals surface area contributed by atoms with Crippen LogP contribution in [0.1, 0.15) is 0 Å². The molecule has 0 aromatic heterocycles. The van der Waals surface area contributed by atoms with E-state index >= 15 is 0 Å². The summed E-state index contributed by atoms with van der Waals surface area (Å²) < 4.78 is 23.8. The van der Waals surface area contributed by atoms with E-state index in [2.05, 4.69) is 5.10 Å². The fourth-order valence-corrected chi connectivity index (χ4v) is 0.405. The molecular weight excluding hydrogens is 130 g/mol. The van der Waals surface area contributed by atoms with Crippen molar-refractivity contribution in [1.29, 1.82) is 0 Å². The Kier molecular flexibility index (Phi) is 1.21. The molecule has 0 saturated heterocycles. The van der Waals surface area contributed by atoms with Gasteiger partial charge in [-0.05, 0) is 5.34 Å². The van der Waals surface area contributed by atoms with E-state index in [4.69, 9.17) is 5.73 Å². The molecule has 0 unspecified atom stereocenters. The zero-order valence-corrected chi connectivity index (χ0v) is 4.31. The first-order chi connectivity index (χ1) is 4.18. The van der Waals surface area contributed by atoms with Crippen molar-refractivity contribution in [2.75, 3.05) is 0 Å². The van der Waals surface area contributed by atoms with Crippen LogP contribution in [-0.4, -0.2) is 11.3 Å². The van der Waals surface area contributed by atoms with Crippen LogP contribution in [-0.2, 0) is 0 Å². The number of hydrazone groups is 1. The van der Waals surface area contributed by atoms with Crippen molar-refractivity contribution in [1.82, 2.24) is 10.8 Å². The summed E-state index contributed by atoms with van der Waals surface area (Å²) in [6.45, 7) is 0. The van der Waals surface area contributed by atoms with Crippen LogP contribution in [0.2, 0.25) is 0 Å². The van der Waals surface area contributed by atoms with Gasteiger partial charge in [-0.3, -0.25) is 0 Å². The molecule has 3 N–H and O–H groups in total. The maximum atomic E-state index is 12.0. The normalized spacial score (nSPS) is 18.2. The number of nitrogens with one attached hydrogen (secondary N) is 1. The molecule has 0 aromatic carbocycles. The van der Waals surface area contributed by atoms with Crippen LogP contribution in [0.5, 0.6) is 0 Å². The lowest BCUT2D eigenvalue weighted by Gasteiger charge is -2.12. The SMILES string of the molecule is NC1=CC(F)=NN(F)N1. The number of hydrogen-bond acceptors (Lipinski definition) is 4. The molecule has 0 saturated carbocycles. The van der Waals surface area contributed by atoms with Gasteiger partial charge in [0, 0.05) is 6.08 Å². The minimum Gasteiger partial charge on any atom is -0.384 e. The summed E-state index contributed by atoms with van der Waals surface area (Å²) in [6, 6.07) is 0. The highest BCUT2D eigenvalue weighted by molar-refractivity contribution is 5.87. The quantitative estimate of drug-likeness (QED) is 0.450. The average molecular weight is 134 g/mol. The van der Waals surface area contributed by atoms with Gasteiger partial charge in [-0.25, -0.2) is 5.43 Å². The fraction of sp³-hybridized carbons (Fsp3) is 0. The van der Waals surface area contributed by atoms with Crippen molar-refractivity contribution >= 4 is 5.97 Å². The maximum absolute atomic E-state index is 12.0. The molecule has 9 heavy (non-hydrogen) atoms. The van der Waals surface area contributed by atoms with Gasteiger partial charge in [0.1, 0.15) is 5.82 Å². The molecule has 0 bridgehead atoms. The first kappa shape index (κ1) is 5.80. The maximum Gasteiger partial charge on any atom is 0.239 e. The van der Waals surface area contributed by atoms with Crippen LogP contribution in [0, 0.1) is 0 Å². The Bertz CT molecular complexity index is 175. The largest absolute Gasteiger partial charge is 0.384 e. The van der Waals surface area contributed by atoms with Crippen molar-refractivity contribution in [3.05, 3.63) is 11.9 Å². The molecule has 0 spiro atoms. The Balaban J connectivity index is 2.74. The smallest absolute Gasteiger partial charge is 0.239 e. The molecule has 0 aromatic rings. The van der Waals surface area contributed by atoms with Gasteiger partial charge in [0.2, 0.25) is 5.97 Å². The van der Waals surface area contributed by atoms with E-state index in [1.165, 1.54) is 0 Å². The monoisotopic (exact) mass is 134 g/mol. The van der Waals surface area contributed by atoms with Crippen molar-refractivity contribution in [3.8, 4) is 0 Å². The van der Waals surface area contributed by atoms with Gasteiger partial charge in [-0.2, -0.15) is 4.39 Å². The van der Waals surface area contributed by atoms with Gasteiger partial charge in [0.05, 0.1) is 0 Å². The van der Waals surface area contributed by atoms with Crippen LogP contribution in [0.3, 0.4) is 0 Å². The molecule has 0 fully saturated rings. The molecule has 4 nitrogen and oxygen atoms in total. The minimum atomic E-state index is -0.964. The molecule has 1 rings (SSSR count). The number of hydrazine groups is 1. The molecule has 0 aliphatic carbocycles. The highest BCUT2D eigenvalue weighted by Crippen LogP contribution is 1.98. The Morgan fingerprint density at radius 2 is 2.44 bits per heavy atom. The van der Waals surface area contributed by atoms with E-state index in [1.807, 2.05) is 5.43 Å². The summed E-state index contributed by atoms with van der Waals surface area (Å²) in [7, 11) is 0. The summed E-state index contributed by atoms with van der Waals surface area (Å²) in [6.07, 6.45) is 0.871. The lowest BCUT2D eigenvalue weighted by atomic mass is 10.6. The molecule has 0 atom stereocenters. The topological polar surface area (TPSA) is 53.6 Å². The van der Waals surface area contributed by atoms with Crippen LogP contribution in [0.15, 0.2) is 17.0 Å². The summed E-state index contributed by atoms with van der Waals surface area (Å²) in [5, 5.41) is 2.38. The Morgan fingerprint density at radius 3 is 2.89 bits per heavy atom. The summed E-state index contributed by atoms with van der Waals surface area (Å²) in [5.41, 5.74) is 6.85. The Morgan fingerprint density at radius 1 is 1.78 bits per heavy atom. The Labute approximate surface area is 49.5 Å². The average Bonchev–Trinajstić information content (AvgIpc) is 1.59. The third-order valence-electron chi connectivity index (χ3n) is 0.679. The second-order valence-corrected chi connectivity index (χ2v) is 1.39. The van der Waals surface area contributed by atoms with E-state index in [1.54, 1.807) is 0 Å². The van der Waals surface area contributed by atoms with Crippen LogP contribution in [0.25, 0.3) is 0 Å². The zero-order chi connectivity index (χ0) is 6.85. The molecule has 1 aliphatic heterocycles. The predicted molar refractivity (Wildman–Crippen MR) is 26.9 cm³/mol. The van der Waals surface area contributed by atoms with Gasteiger partial charge in [0.15, 0.2) is 0 Å². The highest BCUT2D eigenvalue weighted by atomic mass is 19.2. The minimum absolute atomic E-state index is 0.120. The van der Waals surface area contributed by atoms with Crippen molar-refractivity contribution in [3.63, 3.8) is 0 Å². The molecule has 6 heteroatoms. The summed E-state index contributed by atoms with van der Waals surface area (Å²) in [4.78, 5) is 0. The zero-order valence-electron chi connectivity index (χ0n) is 4.31. The Hall–Kier alpha value is -1.33. The van der Waals surface area contributed by atoms with Gasteiger partial charge < -0.3 is 5.73 Å². The number of nitrogens with two attached hydrogens (primary N) is 1. The third kappa shape index (κ3) is 1.28. The first-order valence-corrected chi connectivity index (χ1v) is 2.12. The molecule has 1 heterocycles. The lowest BCUT2D eigenvalue weighted by molar-refractivity contribution is -0.0209. The molecule has 50 valence electrons. The second-order valence-electron chi connectivity index (χ2n) is 1.39. The third-order valence-corrected chi connectivity index (χ3v) is 0.679. The van der Waals surface area contributed by atoms with Crippen molar-refractivity contribution < 1.29 is 8.87 Å². The second kappa shape index (κ2) is 1.88. The van der Waals surface area contributed by atoms with Gasteiger partial charge in [0.25, 0.3) is 0 Å². The summed E-state index contributed by atoms with van der Waals surface area (Å²) >= 11 is 0. The van der Waals surface area contributed by atoms with Crippen molar-refractivity contribution in [2.45, 2.75) is 0 Å². The highest BCUT2D eigenvalue weighted by Gasteiger charge is 2.07. The molecule has 1 aliphatic rings. The number of nitrogens with zero attached hydrogens (tertiary/aromatic N) is 2.